The van der Waals surface area contributed by atoms with Crippen LogP contribution in [0.4, 0.5) is 0 Å². The summed E-state index contributed by atoms with van der Waals surface area (Å²) in [6.07, 6.45) is 0.474. The topological polar surface area (TPSA) is 82.3 Å². The van der Waals surface area contributed by atoms with E-state index in [1.807, 2.05) is 30.3 Å². The largest absolute Gasteiger partial charge is 0.351 e. The number of nitrogens with zero attached hydrogens (tertiary/aromatic N) is 1. The molecule has 1 fully saturated rings. The van der Waals surface area contributed by atoms with Gasteiger partial charge in [-0.3, -0.25) is 4.79 Å². The van der Waals surface area contributed by atoms with E-state index in [0.29, 0.717) is 25.2 Å². The molecule has 1 aliphatic heterocycles. The zero-order chi connectivity index (χ0) is 15.7. The van der Waals surface area contributed by atoms with E-state index < -0.39 is 15.3 Å². The maximum Gasteiger partial charge on any atom is 0.270 e. The third-order valence-electron chi connectivity index (χ3n) is 3.98. The number of rotatable bonds is 4. The van der Waals surface area contributed by atoms with Gasteiger partial charge in [0.1, 0.15) is 5.69 Å². The number of amides is 1. The van der Waals surface area contributed by atoms with E-state index in [2.05, 4.69) is 9.71 Å². The Labute approximate surface area is 129 Å². The predicted molar refractivity (Wildman–Crippen MR) is 85.2 cm³/mol. The molecule has 7 heteroatoms. The van der Waals surface area contributed by atoms with Crippen molar-refractivity contribution in [2.24, 2.45) is 0 Å². The standard InChI is InChI=1S/C15H19N3O3S/c1-2-16-22(20,21)12-7-8-18(10-12)15(19)14-9-11-5-3-4-6-13(11)17-14/h3-6,9,12,16-17H,2,7-8,10H2,1H3/t12-/m1/s1. The number of H-pyrrole nitrogens is 1. The van der Waals surface area contributed by atoms with Crippen LogP contribution in [0.15, 0.2) is 30.3 Å². The molecule has 1 saturated heterocycles. The molecule has 0 bridgehead atoms. The van der Waals surface area contributed by atoms with Crippen molar-refractivity contribution in [3.8, 4) is 0 Å². The van der Waals surface area contributed by atoms with E-state index in [1.165, 1.54) is 0 Å². The summed E-state index contributed by atoms with van der Waals surface area (Å²) in [7, 11) is -3.34. The van der Waals surface area contributed by atoms with Crippen LogP contribution in [0.25, 0.3) is 10.9 Å². The highest BCUT2D eigenvalue weighted by Gasteiger charge is 2.35. The van der Waals surface area contributed by atoms with Gasteiger partial charge >= 0.3 is 0 Å². The Kier molecular flexibility index (Phi) is 3.92. The molecule has 2 heterocycles. The Bertz CT molecular complexity index is 764. The lowest BCUT2D eigenvalue weighted by Crippen LogP contribution is -2.37. The molecule has 1 amide bonds. The van der Waals surface area contributed by atoms with E-state index >= 15 is 0 Å². The second-order valence-electron chi connectivity index (χ2n) is 5.48. The Morgan fingerprint density at radius 2 is 2.18 bits per heavy atom. The monoisotopic (exact) mass is 321 g/mol. The van der Waals surface area contributed by atoms with Crippen molar-refractivity contribution in [2.75, 3.05) is 19.6 Å². The van der Waals surface area contributed by atoms with Crippen LogP contribution in [0.5, 0.6) is 0 Å². The average molecular weight is 321 g/mol. The molecule has 22 heavy (non-hydrogen) atoms. The third kappa shape index (κ3) is 2.74. The lowest BCUT2D eigenvalue weighted by molar-refractivity contribution is 0.0788. The molecular weight excluding hydrogens is 302 g/mol. The molecule has 2 aromatic rings. The first-order valence-electron chi connectivity index (χ1n) is 7.37. The first-order chi connectivity index (χ1) is 10.5. The van der Waals surface area contributed by atoms with Gasteiger partial charge in [0.2, 0.25) is 10.0 Å². The van der Waals surface area contributed by atoms with Crippen molar-refractivity contribution in [2.45, 2.75) is 18.6 Å². The fraction of sp³-hybridized carbons (Fsp3) is 0.400. The molecule has 2 N–H and O–H groups in total. The summed E-state index contributed by atoms with van der Waals surface area (Å²) < 4.78 is 26.6. The molecule has 1 aliphatic rings. The zero-order valence-electron chi connectivity index (χ0n) is 12.4. The minimum absolute atomic E-state index is 0.148. The van der Waals surface area contributed by atoms with Crippen molar-refractivity contribution < 1.29 is 13.2 Å². The summed E-state index contributed by atoms with van der Waals surface area (Å²) in [5.41, 5.74) is 1.41. The van der Waals surface area contributed by atoms with Crippen LogP contribution in [0.1, 0.15) is 23.8 Å². The summed E-state index contributed by atoms with van der Waals surface area (Å²) in [5, 5.41) is 0.447. The van der Waals surface area contributed by atoms with Gasteiger partial charge in [-0.2, -0.15) is 0 Å². The number of aromatic amines is 1. The van der Waals surface area contributed by atoms with Crippen LogP contribution in [-0.4, -0.2) is 49.1 Å². The molecular formula is C15H19N3O3S. The van der Waals surface area contributed by atoms with Crippen molar-refractivity contribution in [3.63, 3.8) is 0 Å². The van der Waals surface area contributed by atoms with Gasteiger partial charge in [0.05, 0.1) is 5.25 Å². The van der Waals surface area contributed by atoms with Gasteiger partial charge in [0.25, 0.3) is 5.91 Å². The number of carbonyl (C=O) groups is 1. The van der Waals surface area contributed by atoms with Crippen molar-refractivity contribution in [1.82, 2.24) is 14.6 Å². The number of aromatic nitrogens is 1. The quantitative estimate of drug-likeness (QED) is 0.891. The fourth-order valence-corrected chi connectivity index (χ4v) is 4.27. The highest BCUT2D eigenvalue weighted by Crippen LogP contribution is 2.21. The van der Waals surface area contributed by atoms with Gasteiger partial charge in [-0.05, 0) is 18.6 Å². The van der Waals surface area contributed by atoms with Crippen molar-refractivity contribution in [3.05, 3.63) is 36.0 Å². The Balaban J connectivity index is 1.76. The minimum Gasteiger partial charge on any atom is -0.351 e. The number of hydrogen-bond acceptors (Lipinski definition) is 3. The Hall–Kier alpha value is -1.86. The molecule has 6 nitrogen and oxygen atoms in total. The third-order valence-corrected chi connectivity index (χ3v) is 5.93. The van der Waals surface area contributed by atoms with E-state index in [1.54, 1.807) is 11.8 Å². The van der Waals surface area contributed by atoms with E-state index in [9.17, 15) is 13.2 Å². The Morgan fingerprint density at radius 1 is 1.41 bits per heavy atom. The van der Waals surface area contributed by atoms with Crippen LogP contribution in [-0.2, 0) is 10.0 Å². The molecule has 118 valence electrons. The van der Waals surface area contributed by atoms with Gasteiger partial charge in [0.15, 0.2) is 0 Å². The van der Waals surface area contributed by atoms with Crippen LogP contribution in [0.2, 0.25) is 0 Å². The Morgan fingerprint density at radius 3 is 2.91 bits per heavy atom. The summed E-state index contributed by atoms with van der Waals surface area (Å²) >= 11 is 0. The molecule has 3 rings (SSSR count). The molecule has 0 unspecified atom stereocenters. The minimum atomic E-state index is -3.34. The first kappa shape index (κ1) is 15.1. The molecule has 0 aliphatic carbocycles. The van der Waals surface area contributed by atoms with E-state index in [4.69, 9.17) is 0 Å². The van der Waals surface area contributed by atoms with Crippen LogP contribution in [0.3, 0.4) is 0 Å². The predicted octanol–water partition coefficient (Wildman–Crippen LogP) is 1.32. The first-order valence-corrected chi connectivity index (χ1v) is 8.91. The maximum absolute atomic E-state index is 12.5. The molecule has 0 spiro atoms. The lowest BCUT2D eigenvalue weighted by Gasteiger charge is -2.16. The molecule has 1 aromatic heterocycles. The van der Waals surface area contributed by atoms with Gasteiger partial charge in [-0.25, -0.2) is 13.1 Å². The normalized spacial score (nSPS) is 19.0. The maximum atomic E-state index is 12.5. The number of carbonyl (C=O) groups excluding carboxylic acids is 1. The highest BCUT2D eigenvalue weighted by atomic mass is 32.2. The van der Waals surface area contributed by atoms with Crippen LogP contribution in [0, 0.1) is 0 Å². The molecule has 0 saturated carbocycles. The number of nitrogens with one attached hydrogen (secondary N) is 2. The summed E-state index contributed by atoms with van der Waals surface area (Å²) in [6.45, 7) is 2.82. The second-order valence-corrected chi connectivity index (χ2v) is 7.52. The number of benzene rings is 1. The van der Waals surface area contributed by atoms with Gasteiger partial charge < -0.3 is 9.88 Å². The number of para-hydroxylation sites is 1. The lowest BCUT2D eigenvalue weighted by atomic mass is 10.2. The van der Waals surface area contributed by atoms with Crippen molar-refractivity contribution >= 4 is 26.8 Å². The van der Waals surface area contributed by atoms with Crippen LogP contribution >= 0.6 is 0 Å². The van der Waals surface area contributed by atoms with Crippen LogP contribution < -0.4 is 4.72 Å². The van der Waals surface area contributed by atoms with E-state index in [-0.39, 0.29) is 12.5 Å². The number of fused-ring (bicyclic) bond motifs is 1. The van der Waals surface area contributed by atoms with Gasteiger partial charge in [0, 0.05) is 30.5 Å². The SMILES string of the molecule is CCNS(=O)(=O)[C@@H]1CCN(C(=O)c2cc3ccccc3[nH]2)C1. The van der Waals surface area contributed by atoms with Gasteiger partial charge in [-0.1, -0.05) is 25.1 Å². The summed E-state index contributed by atoms with van der Waals surface area (Å²) in [5.74, 6) is -0.148. The molecule has 1 aromatic carbocycles. The molecule has 0 radical (unpaired) electrons. The number of hydrogen-bond donors (Lipinski definition) is 2. The molecule has 1 atom stereocenters. The summed E-state index contributed by atoms with van der Waals surface area (Å²) in [6, 6.07) is 9.48. The fourth-order valence-electron chi connectivity index (χ4n) is 2.84. The number of sulfonamides is 1. The van der Waals surface area contributed by atoms with Crippen molar-refractivity contribution in [1.29, 1.82) is 0 Å². The average Bonchev–Trinajstić information content (AvgIpc) is 3.13. The smallest absolute Gasteiger partial charge is 0.270 e. The number of likely N-dealkylation sites (tertiary alicyclic amines) is 1. The second kappa shape index (κ2) is 5.73. The zero-order valence-corrected chi connectivity index (χ0v) is 13.2. The van der Waals surface area contributed by atoms with Gasteiger partial charge in [-0.15, -0.1) is 0 Å². The highest BCUT2D eigenvalue weighted by molar-refractivity contribution is 7.90. The summed E-state index contributed by atoms with van der Waals surface area (Å²) in [4.78, 5) is 17.2. The van der Waals surface area contributed by atoms with E-state index in [0.717, 1.165) is 10.9 Å².